The smallest absolute Gasteiger partial charge is 0.209 e. The van der Waals surface area contributed by atoms with E-state index in [2.05, 4.69) is 0 Å². The van der Waals surface area contributed by atoms with Gasteiger partial charge in [0.2, 0.25) is 11.6 Å². The van der Waals surface area contributed by atoms with Crippen LogP contribution in [0.25, 0.3) is 0 Å². The quantitative estimate of drug-likeness (QED) is 0.538. The highest BCUT2D eigenvalue weighted by Crippen LogP contribution is 2.58. The van der Waals surface area contributed by atoms with Crippen LogP contribution in [0.2, 0.25) is 0 Å². The maximum Gasteiger partial charge on any atom is 0.209 e. The second kappa shape index (κ2) is 1.93. The van der Waals surface area contributed by atoms with Crippen LogP contribution in [-0.2, 0) is 19.2 Å². The van der Waals surface area contributed by atoms with Crippen molar-refractivity contribution in [1.29, 1.82) is 0 Å². The van der Waals surface area contributed by atoms with Crippen LogP contribution in [0.1, 0.15) is 33.6 Å². The Kier molecular flexibility index (Phi) is 1.21. The number of hydrogen-bond acceptors (Lipinski definition) is 4. The molecule has 0 saturated carbocycles. The van der Waals surface area contributed by atoms with Crippen molar-refractivity contribution in [2.75, 3.05) is 0 Å². The molecular weight excluding hydrogens is 172 g/mol. The molecule has 4 heteroatoms. The van der Waals surface area contributed by atoms with Crippen molar-refractivity contribution in [3.63, 3.8) is 0 Å². The normalized spacial score (nSPS) is 64.4. The SMILES string of the molecule is CC12CCC3C(C)(OOC3(C)O1)O2. The molecule has 2 unspecified atom stereocenters. The molecular formula is C9H14O4. The van der Waals surface area contributed by atoms with Crippen LogP contribution in [0.4, 0.5) is 0 Å². The number of ether oxygens (including phenoxy) is 2. The van der Waals surface area contributed by atoms with Crippen LogP contribution in [0.3, 0.4) is 0 Å². The average Bonchev–Trinajstić information content (AvgIpc) is 2.17. The van der Waals surface area contributed by atoms with Crippen molar-refractivity contribution in [2.45, 2.75) is 51.0 Å². The van der Waals surface area contributed by atoms with E-state index in [0.29, 0.717) is 0 Å². The van der Waals surface area contributed by atoms with Crippen LogP contribution in [0, 0.1) is 5.92 Å². The molecule has 4 aliphatic heterocycles. The highest BCUT2D eigenvalue weighted by Gasteiger charge is 2.69. The van der Waals surface area contributed by atoms with Crippen molar-refractivity contribution in [1.82, 2.24) is 0 Å². The van der Waals surface area contributed by atoms with Gasteiger partial charge in [0.25, 0.3) is 0 Å². The summed E-state index contributed by atoms with van der Waals surface area (Å²) in [4.78, 5) is 10.4. The van der Waals surface area contributed by atoms with Crippen LogP contribution < -0.4 is 0 Å². The lowest BCUT2D eigenvalue weighted by molar-refractivity contribution is -0.421. The maximum atomic E-state index is 5.75. The molecule has 0 N–H and O–H groups in total. The molecule has 2 atom stereocenters. The second-order valence-corrected chi connectivity index (χ2v) is 4.63. The molecule has 0 aromatic heterocycles. The third-order valence-corrected chi connectivity index (χ3v) is 3.36. The molecule has 4 bridgehead atoms. The highest BCUT2D eigenvalue weighted by atomic mass is 17.3. The van der Waals surface area contributed by atoms with E-state index in [1.807, 2.05) is 20.8 Å². The molecule has 4 aliphatic rings. The first-order valence-corrected chi connectivity index (χ1v) is 4.73. The molecule has 4 heterocycles. The Morgan fingerprint density at radius 2 is 1.54 bits per heavy atom. The minimum Gasteiger partial charge on any atom is -0.315 e. The van der Waals surface area contributed by atoms with Gasteiger partial charge in [0.05, 0.1) is 5.92 Å². The van der Waals surface area contributed by atoms with Crippen molar-refractivity contribution in [2.24, 2.45) is 5.92 Å². The summed E-state index contributed by atoms with van der Waals surface area (Å²) in [5, 5.41) is 0. The Labute approximate surface area is 77.0 Å². The molecule has 4 saturated heterocycles. The van der Waals surface area contributed by atoms with Gasteiger partial charge in [-0.3, -0.25) is 0 Å². The van der Waals surface area contributed by atoms with Crippen molar-refractivity contribution in [3.05, 3.63) is 0 Å². The summed E-state index contributed by atoms with van der Waals surface area (Å²) < 4.78 is 11.5. The van der Waals surface area contributed by atoms with Gasteiger partial charge >= 0.3 is 0 Å². The summed E-state index contributed by atoms with van der Waals surface area (Å²) in [6.45, 7) is 5.78. The van der Waals surface area contributed by atoms with Gasteiger partial charge in [-0.05, 0) is 27.2 Å². The molecule has 74 valence electrons. The Morgan fingerprint density at radius 1 is 1.00 bits per heavy atom. The van der Waals surface area contributed by atoms with Gasteiger partial charge in [0, 0.05) is 6.42 Å². The van der Waals surface area contributed by atoms with E-state index in [0.717, 1.165) is 12.8 Å². The van der Waals surface area contributed by atoms with Crippen molar-refractivity contribution in [3.8, 4) is 0 Å². The Hall–Kier alpha value is -0.160. The summed E-state index contributed by atoms with van der Waals surface area (Å²) in [7, 11) is 0. The summed E-state index contributed by atoms with van der Waals surface area (Å²) in [6.07, 6.45) is 1.94. The van der Waals surface area contributed by atoms with Gasteiger partial charge in [-0.1, -0.05) is 0 Å². The van der Waals surface area contributed by atoms with Crippen molar-refractivity contribution >= 4 is 0 Å². The fourth-order valence-corrected chi connectivity index (χ4v) is 2.85. The molecule has 4 rings (SSSR count). The number of rotatable bonds is 0. The topological polar surface area (TPSA) is 36.9 Å². The molecule has 0 aliphatic carbocycles. The van der Waals surface area contributed by atoms with E-state index < -0.39 is 17.4 Å². The molecule has 0 aromatic carbocycles. The van der Waals surface area contributed by atoms with E-state index in [4.69, 9.17) is 19.2 Å². The Morgan fingerprint density at radius 3 is 2.00 bits per heavy atom. The highest BCUT2D eigenvalue weighted by molar-refractivity contribution is 5.00. The monoisotopic (exact) mass is 186 g/mol. The Bertz CT molecular complexity index is 246. The van der Waals surface area contributed by atoms with Gasteiger partial charge in [-0.15, -0.1) is 0 Å². The zero-order chi connectivity index (χ0) is 9.32. The van der Waals surface area contributed by atoms with E-state index in [9.17, 15) is 0 Å². The first-order valence-electron chi connectivity index (χ1n) is 4.73. The third-order valence-electron chi connectivity index (χ3n) is 3.36. The van der Waals surface area contributed by atoms with Crippen LogP contribution in [-0.4, -0.2) is 17.4 Å². The lowest BCUT2D eigenvalue weighted by Crippen LogP contribution is -2.63. The first-order chi connectivity index (χ1) is 5.96. The van der Waals surface area contributed by atoms with Crippen LogP contribution in [0.5, 0.6) is 0 Å². The van der Waals surface area contributed by atoms with Crippen molar-refractivity contribution < 1.29 is 19.2 Å². The minimum absolute atomic E-state index is 0.182. The lowest BCUT2D eigenvalue weighted by atomic mass is 9.80. The Balaban J connectivity index is 2.08. The van der Waals surface area contributed by atoms with E-state index in [-0.39, 0.29) is 5.92 Å². The third kappa shape index (κ3) is 0.845. The van der Waals surface area contributed by atoms with Gasteiger partial charge in [-0.25, -0.2) is 0 Å². The fraction of sp³-hybridized carbons (Fsp3) is 1.00. The largest absolute Gasteiger partial charge is 0.315 e. The average molecular weight is 186 g/mol. The standard InChI is InChI=1S/C9H14O4/c1-7-5-4-6-8(2,10-7)12-13-9(6,3)11-7/h6H,4-5H2,1-3H3. The van der Waals surface area contributed by atoms with Gasteiger partial charge < -0.3 is 9.47 Å². The van der Waals surface area contributed by atoms with E-state index >= 15 is 0 Å². The zero-order valence-electron chi connectivity index (χ0n) is 8.12. The van der Waals surface area contributed by atoms with Gasteiger partial charge in [0.1, 0.15) is 0 Å². The molecule has 0 radical (unpaired) electrons. The molecule has 4 nitrogen and oxygen atoms in total. The predicted molar refractivity (Wildman–Crippen MR) is 42.3 cm³/mol. The van der Waals surface area contributed by atoms with E-state index in [1.165, 1.54) is 0 Å². The summed E-state index contributed by atoms with van der Waals surface area (Å²) in [5.74, 6) is -1.57. The predicted octanol–water partition coefficient (Wildman–Crippen LogP) is 1.55. The molecule has 13 heavy (non-hydrogen) atoms. The summed E-state index contributed by atoms with van der Waals surface area (Å²) in [6, 6.07) is 0. The molecule has 0 aromatic rings. The summed E-state index contributed by atoms with van der Waals surface area (Å²) in [5.41, 5.74) is 0. The number of hydrogen-bond donors (Lipinski definition) is 0. The molecule has 4 fully saturated rings. The number of fused-ring (bicyclic) bond motifs is 1. The fourth-order valence-electron chi connectivity index (χ4n) is 2.85. The van der Waals surface area contributed by atoms with Crippen LogP contribution in [0.15, 0.2) is 0 Å². The lowest BCUT2D eigenvalue weighted by Gasteiger charge is -2.52. The second-order valence-electron chi connectivity index (χ2n) is 4.63. The molecule has 0 spiro atoms. The van der Waals surface area contributed by atoms with E-state index in [1.54, 1.807) is 0 Å². The first kappa shape index (κ1) is 8.17. The zero-order valence-corrected chi connectivity index (χ0v) is 8.12. The summed E-state index contributed by atoms with van der Waals surface area (Å²) >= 11 is 0. The minimum atomic E-state index is -0.611. The molecule has 0 amide bonds. The van der Waals surface area contributed by atoms with Crippen LogP contribution >= 0.6 is 0 Å². The van der Waals surface area contributed by atoms with Gasteiger partial charge in [-0.2, -0.15) is 9.78 Å². The van der Waals surface area contributed by atoms with Gasteiger partial charge in [0.15, 0.2) is 5.79 Å². The maximum absolute atomic E-state index is 5.75.